The minimum Gasteiger partial charge on any atom is -0.378 e. The molecule has 6 atom stereocenters. The van der Waals surface area contributed by atoms with Crippen molar-refractivity contribution < 1.29 is 42.6 Å². The van der Waals surface area contributed by atoms with Crippen LogP contribution in [0.3, 0.4) is 0 Å². The molecule has 364 valence electrons. The van der Waals surface area contributed by atoms with Crippen LogP contribution in [-0.4, -0.2) is 119 Å². The van der Waals surface area contributed by atoms with Gasteiger partial charge in [-0.1, -0.05) is 125 Å². The number of rotatable bonds is 2. The molecular weight excluding hydrogens is 769 g/mol. The van der Waals surface area contributed by atoms with Gasteiger partial charge in [-0.15, -0.1) is 0 Å². The Kier molecular flexibility index (Phi) is 22.2. The molecule has 0 aromatic rings. The molecular formula is C52H102O9. The summed E-state index contributed by atoms with van der Waals surface area (Å²) >= 11 is 0. The average Bonchev–Trinajstić information content (AvgIpc) is 3.05. The first-order chi connectivity index (χ1) is 27.9. The Bertz CT molecular complexity index is 1130. The van der Waals surface area contributed by atoms with Gasteiger partial charge in [0.05, 0.1) is 119 Å². The van der Waals surface area contributed by atoms with Gasteiger partial charge in [-0.2, -0.15) is 0 Å². The molecule has 0 aromatic carbocycles. The molecule has 61 heavy (non-hydrogen) atoms. The fourth-order valence-corrected chi connectivity index (χ4v) is 11.1. The molecule has 9 heteroatoms. The summed E-state index contributed by atoms with van der Waals surface area (Å²) < 4.78 is 57.8. The van der Waals surface area contributed by atoms with E-state index in [-0.39, 0.29) is 54.1 Å². The maximum Gasteiger partial charge on any atom is 0.0701 e. The first-order valence-corrected chi connectivity index (χ1v) is 24.1. The lowest BCUT2D eigenvalue weighted by Crippen LogP contribution is -2.46. The largest absolute Gasteiger partial charge is 0.378 e. The molecule has 0 aliphatic carbocycles. The summed E-state index contributed by atoms with van der Waals surface area (Å²) in [5.41, 5.74) is -0.544. The van der Waals surface area contributed by atoms with Crippen LogP contribution in [0.15, 0.2) is 0 Å². The molecule has 0 N–H and O–H groups in total. The van der Waals surface area contributed by atoms with Crippen molar-refractivity contribution in [1.82, 2.24) is 0 Å². The summed E-state index contributed by atoms with van der Waals surface area (Å²) in [4.78, 5) is 0. The molecule has 2 heterocycles. The van der Waals surface area contributed by atoms with Crippen molar-refractivity contribution in [3.63, 3.8) is 0 Å². The third kappa shape index (κ3) is 21.7. The third-order valence-corrected chi connectivity index (χ3v) is 13.8. The number of hydrogen-bond donors (Lipinski definition) is 0. The molecule has 2 aliphatic rings. The molecule has 0 spiro atoms. The van der Waals surface area contributed by atoms with Gasteiger partial charge in [0.15, 0.2) is 0 Å². The van der Waals surface area contributed by atoms with Gasteiger partial charge in [-0.05, 0) is 92.7 Å². The van der Waals surface area contributed by atoms with E-state index in [1.807, 2.05) is 0 Å². The lowest BCUT2D eigenvalue weighted by Gasteiger charge is -2.50. The van der Waals surface area contributed by atoms with Crippen LogP contribution in [0.25, 0.3) is 0 Å². The summed E-state index contributed by atoms with van der Waals surface area (Å²) in [7, 11) is 0. The van der Waals surface area contributed by atoms with Crippen LogP contribution < -0.4 is 0 Å². The average molecular weight is 871 g/mol. The highest BCUT2D eigenvalue weighted by Crippen LogP contribution is 2.54. The molecule has 0 radical (unpaired) electrons. The van der Waals surface area contributed by atoms with E-state index in [0.717, 1.165) is 38.5 Å². The Balaban J connectivity index is 2.59. The number of ether oxygens (including phenoxy) is 9. The van der Waals surface area contributed by atoms with Crippen molar-refractivity contribution in [2.24, 2.45) is 54.1 Å². The zero-order valence-electron chi connectivity index (χ0n) is 43.6. The summed E-state index contributed by atoms with van der Waals surface area (Å²) in [6, 6.07) is 0. The van der Waals surface area contributed by atoms with Gasteiger partial charge in [-0.3, -0.25) is 0 Å². The zero-order chi connectivity index (χ0) is 46.3. The second-order valence-electron chi connectivity index (χ2n) is 26.2. The van der Waals surface area contributed by atoms with Crippen LogP contribution >= 0.6 is 0 Å². The highest BCUT2D eigenvalue weighted by molar-refractivity contribution is 4.98. The third-order valence-electron chi connectivity index (χ3n) is 13.8. The highest BCUT2D eigenvalue weighted by atomic mass is 16.6. The fourth-order valence-electron chi connectivity index (χ4n) is 11.1. The van der Waals surface area contributed by atoms with Crippen molar-refractivity contribution in [2.45, 2.75) is 163 Å². The Morgan fingerprint density at radius 2 is 0.525 bits per heavy atom. The second-order valence-corrected chi connectivity index (χ2v) is 26.2. The van der Waals surface area contributed by atoms with E-state index >= 15 is 0 Å². The van der Waals surface area contributed by atoms with Crippen molar-refractivity contribution in [2.75, 3.05) is 119 Å². The fraction of sp³-hybridized carbons (Fsp3) is 1.00. The molecule has 0 aromatic heterocycles. The smallest absolute Gasteiger partial charge is 0.0701 e. The van der Waals surface area contributed by atoms with Crippen LogP contribution in [0.1, 0.15) is 163 Å². The molecule has 9 nitrogen and oxygen atoms in total. The van der Waals surface area contributed by atoms with E-state index in [9.17, 15) is 0 Å². The normalized spacial score (nSPS) is 35.5. The first-order valence-electron chi connectivity index (χ1n) is 24.1. The topological polar surface area (TPSA) is 83.1 Å². The molecule has 2 bridgehead atoms. The summed E-state index contributed by atoms with van der Waals surface area (Å²) in [5.74, 6) is 0. The maximum absolute atomic E-state index is 6.62. The Hall–Kier alpha value is -0.360. The first kappa shape index (κ1) is 56.8. The van der Waals surface area contributed by atoms with Gasteiger partial charge in [-0.25, -0.2) is 0 Å². The predicted molar refractivity (Wildman–Crippen MR) is 252 cm³/mol. The second kappa shape index (κ2) is 23.9. The highest BCUT2D eigenvalue weighted by Gasteiger charge is 2.48. The lowest BCUT2D eigenvalue weighted by atomic mass is 9.57. The van der Waals surface area contributed by atoms with E-state index in [1.54, 1.807) is 0 Å². The Morgan fingerprint density at radius 1 is 0.295 bits per heavy atom. The zero-order valence-corrected chi connectivity index (χ0v) is 43.6. The summed E-state index contributed by atoms with van der Waals surface area (Å²) in [6.45, 7) is 52.9. The van der Waals surface area contributed by atoms with Crippen LogP contribution in [0.2, 0.25) is 0 Å². The van der Waals surface area contributed by atoms with Crippen molar-refractivity contribution in [3.05, 3.63) is 0 Å². The van der Waals surface area contributed by atoms with Crippen LogP contribution in [0.4, 0.5) is 0 Å². The van der Waals surface area contributed by atoms with Gasteiger partial charge < -0.3 is 42.6 Å². The molecule has 2 rings (SSSR count). The predicted octanol–water partition coefficient (Wildman–Crippen LogP) is 11.7. The van der Waals surface area contributed by atoms with Crippen LogP contribution in [-0.2, 0) is 42.6 Å². The minimum atomic E-state index is -0.158. The van der Waals surface area contributed by atoms with Gasteiger partial charge in [0.1, 0.15) is 0 Å². The summed E-state index contributed by atoms with van der Waals surface area (Å²) in [6.07, 6.45) is 5.84. The van der Waals surface area contributed by atoms with E-state index in [4.69, 9.17) is 42.6 Å². The lowest BCUT2D eigenvalue weighted by molar-refractivity contribution is -0.106. The molecule has 2 aliphatic heterocycles. The minimum absolute atomic E-state index is 0.0174. The molecule has 0 amide bonds. The van der Waals surface area contributed by atoms with Crippen molar-refractivity contribution in [1.29, 1.82) is 0 Å². The van der Waals surface area contributed by atoms with Gasteiger partial charge in [0.25, 0.3) is 0 Å². The van der Waals surface area contributed by atoms with E-state index in [1.165, 1.54) is 0 Å². The standard InChI is InChI=1S/C52H102O9/c1-43(2,3)31-47(13)33-49(15)35-51(17,45(7,8)9)41-60-29-23-55-24-30-61-42-52(18,46(10,11)12)36-50(16,40-59-28-22-54-21-27-58-39-49)34-48(14,32-44(4,5)6)38-57-26-20-53-19-25-56-37-47/h19-42H2,1-18H3. The monoisotopic (exact) mass is 871 g/mol. The Morgan fingerprint density at radius 3 is 0.770 bits per heavy atom. The SMILES string of the molecule is CC(C)(C)CC1(C)COCCOCCOCC(C)(CC(C)(C)C)CC2(C)COCCOCCOCC(C)(C1)CC(C)(C(C)(C)C)COCCOCCOCC(C)(C(C)(C)C)C2. The number of fused-ring (bicyclic) bond motifs is 10. The van der Waals surface area contributed by atoms with E-state index in [2.05, 4.69) is 125 Å². The summed E-state index contributed by atoms with van der Waals surface area (Å²) in [5, 5.41) is 0. The van der Waals surface area contributed by atoms with Crippen molar-refractivity contribution >= 4 is 0 Å². The maximum atomic E-state index is 6.62. The van der Waals surface area contributed by atoms with Gasteiger partial charge in [0, 0.05) is 0 Å². The van der Waals surface area contributed by atoms with Crippen LogP contribution in [0.5, 0.6) is 0 Å². The van der Waals surface area contributed by atoms with Gasteiger partial charge in [0.2, 0.25) is 0 Å². The molecule has 2 fully saturated rings. The Labute approximate surface area is 377 Å². The number of hydrogen-bond acceptors (Lipinski definition) is 9. The van der Waals surface area contributed by atoms with Crippen LogP contribution in [0, 0.1) is 54.1 Å². The van der Waals surface area contributed by atoms with E-state index < -0.39 is 0 Å². The van der Waals surface area contributed by atoms with E-state index in [0.29, 0.717) is 119 Å². The van der Waals surface area contributed by atoms with Crippen molar-refractivity contribution in [3.8, 4) is 0 Å². The van der Waals surface area contributed by atoms with Gasteiger partial charge >= 0.3 is 0 Å². The molecule has 2 saturated heterocycles. The quantitative estimate of drug-likeness (QED) is 0.252. The molecule has 6 unspecified atom stereocenters. The molecule has 0 saturated carbocycles.